The van der Waals surface area contributed by atoms with Crippen LogP contribution in [0.4, 0.5) is 21.0 Å². The van der Waals surface area contributed by atoms with Gasteiger partial charge in [-0.2, -0.15) is 0 Å². The number of carbonyl (C=O) groups is 2. The van der Waals surface area contributed by atoms with Crippen molar-refractivity contribution >= 4 is 40.9 Å². The van der Waals surface area contributed by atoms with E-state index < -0.39 is 12.2 Å². The van der Waals surface area contributed by atoms with Crippen molar-refractivity contribution in [2.45, 2.75) is 13.5 Å². The lowest BCUT2D eigenvalue weighted by atomic mass is 10.1. The number of nitrogens with two attached hydrogens (primary N) is 1. The molecular formula is C13H18N4O4S. The van der Waals surface area contributed by atoms with Crippen LogP contribution in [0.3, 0.4) is 0 Å². The van der Waals surface area contributed by atoms with Gasteiger partial charge in [-0.05, 0) is 42.9 Å². The van der Waals surface area contributed by atoms with E-state index in [2.05, 4.69) is 5.32 Å². The fraction of sp³-hybridized carbons (Fsp3) is 0.308. The van der Waals surface area contributed by atoms with Crippen LogP contribution in [0, 0.1) is 0 Å². The molecule has 8 nitrogen and oxygen atoms in total. The van der Waals surface area contributed by atoms with E-state index in [1.807, 2.05) is 18.9 Å². The summed E-state index contributed by atoms with van der Waals surface area (Å²) >= 11 is 4.76. The number of nitrogens with zero attached hydrogens (tertiary/aromatic N) is 2. The molecule has 1 aromatic carbocycles. The SMILES string of the molecule is CCN(C)c1ccc(NC(N)=S)cc1CN(C(=O)O)C(=O)O. The van der Waals surface area contributed by atoms with Crippen LogP contribution in [0.15, 0.2) is 18.2 Å². The maximum atomic E-state index is 11.0. The Morgan fingerprint density at radius 1 is 1.32 bits per heavy atom. The average Bonchev–Trinajstić information content (AvgIpc) is 2.42. The molecular weight excluding hydrogens is 308 g/mol. The summed E-state index contributed by atoms with van der Waals surface area (Å²) in [5.41, 5.74) is 7.22. The predicted molar refractivity (Wildman–Crippen MR) is 87.4 cm³/mol. The van der Waals surface area contributed by atoms with Crippen LogP contribution >= 0.6 is 12.2 Å². The molecule has 0 aromatic heterocycles. The molecule has 0 fully saturated rings. The molecule has 1 rings (SSSR count). The van der Waals surface area contributed by atoms with Crippen LogP contribution in [0.5, 0.6) is 0 Å². The molecule has 0 aliphatic heterocycles. The fourth-order valence-electron chi connectivity index (χ4n) is 1.86. The molecule has 1 aromatic rings. The highest BCUT2D eigenvalue weighted by Crippen LogP contribution is 2.25. The van der Waals surface area contributed by atoms with E-state index in [0.29, 0.717) is 22.7 Å². The van der Waals surface area contributed by atoms with E-state index in [-0.39, 0.29) is 11.7 Å². The topological polar surface area (TPSA) is 119 Å². The number of hydrogen-bond donors (Lipinski definition) is 4. The van der Waals surface area contributed by atoms with Crippen LogP contribution < -0.4 is 16.0 Å². The lowest BCUT2D eigenvalue weighted by molar-refractivity contribution is 0.120. The lowest BCUT2D eigenvalue weighted by Crippen LogP contribution is -2.34. The van der Waals surface area contributed by atoms with Crippen LogP contribution in [-0.4, -0.2) is 46.0 Å². The number of nitrogens with one attached hydrogen (secondary N) is 1. The maximum Gasteiger partial charge on any atom is 0.417 e. The Labute approximate surface area is 133 Å². The minimum absolute atomic E-state index is 0.0656. The molecule has 22 heavy (non-hydrogen) atoms. The van der Waals surface area contributed by atoms with Crippen molar-refractivity contribution in [2.75, 3.05) is 23.8 Å². The van der Waals surface area contributed by atoms with Gasteiger partial charge in [-0.1, -0.05) is 0 Å². The highest BCUT2D eigenvalue weighted by molar-refractivity contribution is 7.80. The van der Waals surface area contributed by atoms with E-state index in [0.717, 1.165) is 5.69 Å². The molecule has 2 amide bonds. The Balaban J connectivity index is 3.23. The molecule has 120 valence electrons. The first-order valence-electron chi connectivity index (χ1n) is 6.40. The molecule has 9 heteroatoms. The Kier molecular flexibility index (Phi) is 5.93. The van der Waals surface area contributed by atoms with Crippen molar-refractivity contribution in [2.24, 2.45) is 5.73 Å². The molecule has 0 aliphatic carbocycles. The van der Waals surface area contributed by atoms with Crippen LogP contribution in [0.2, 0.25) is 0 Å². The largest absolute Gasteiger partial charge is 0.465 e. The Hall–Kier alpha value is -2.55. The second-order valence-electron chi connectivity index (χ2n) is 4.50. The van der Waals surface area contributed by atoms with Crippen LogP contribution in [0.1, 0.15) is 12.5 Å². The van der Waals surface area contributed by atoms with Crippen molar-refractivity contribution in [3.05, 3.63) is 23.8 Å². The number of rotatable bonds is 5. The van der Waals surface area contributed by atoms with E-state index in [1.165, 1.54) is 0 Å². The van der Waals surface area contributed by atoms with Gasteiger partial charge in [0.1, 0.15) is 0 Å². The Morgan fingerprint density at radius 3 is 2.36 bits per heavy atom. The lowest BCUT2D eigenvalue weighted by Gasteiger charge is -2.23. The summed E-state index contributed by atoms with van der Waals surface area (Å²) in [5.74, 6) is 0. The van der Waals surface area contributed by atoms with Gasteiger partial charge in [0.2, 0.25) is 0 Å². The van der Waals surface area contributed by atoms with Crippen molar-refractivity contribution in [1.29, 1.82) is 0 Å². The van der Waals surface area contributed by atoms with E-state index in [4.69, 9.17) is 28.2 Å². The Bertz CT molecular complexity index is 579. The summed E-state index contributed by atoms with van der Waals surface area (Å²) in [5, 5.41) is 20.8. The second-order valence-corrected chi connectivity index (χ2v) is 4.94. The van der Waals surface area contributed by atoms with E-state index in [1.54, 1.807) is 18.2 Å². The number of imide groups is 1. The number of anilines is 2. The monoisotopic (exact) mass is 326 g/mol. The molecule has 0 aliphatic rings. The molecule has 0 saturated carbocycles. The van der Waals surface area contributed by atoms with Gasteiger partial charge in [0, 0.05) is 25.0 Å². The smallest absolute Gasteiger partial charge is 0.417 e. The van der Waals surface area contributed by atoms with Crippen molar-refractivity contribution in [3.63, 3.8) is 0 Å². The van der Waals surface area contributed by atoms with Gasteiger partial charge in [-0.15, -0.1) is 0 Å². The highest BCUT2D eigenvalue weighted by Gasteiger charge is 2.22. The van der Waals surface area contributed by atoms with Gasteiger partial charge in [0.25, 0.3) is 0 Å². The average molecular weight is 326 g/mol. The first-order chi connectivity index (χ1) is 10.3. The summed E-state index contributed by atoms with van der Waals surface area (Å²) in [7, 11) is 1.82. The predicted octanol–water partition coefficient (Wildman–Crippen LogP) is 1.96. The van der Waals surface area contributed by atoms with Gasteiger partial charge < -0.3 is 26.2 Å². The number of thiocarbonyl (C=S) groups is 1. The third-order valence-electron chi connectivity index (χ3n) is 3.02. The van der Waals surface area contributed by atoms with Gasteiger partial charge in [-0.25, -0.2) is 14.5 Å². The second kappa shape index (κ2) is 7.46. The zero-order chi connectivity index (χ0) is 16.9. The summed E-state index contributed by atoms with van der Waals surface area (Å²) in [6, 6.07) is 5.11. The van der Waals surface area contributed by atoms with E-state index >= 15 is 0 Å². The summed E-state index contributed by atoms with van der Waals surface area (Å²) < 4.78 is 0. The van der Waals surface area contributed by atoms with Gasteiger partial charge in [-0.3, -0.25) is 0 Å². The molecule has 0 bridgehead atoms. The van der Waals surface area contributed by atoms with E-state index in [9.17, 15) is 9.59 Å². The first kappa shape index (κ1) is 17.5. The Morgan fingerprint density at radius 2 is 1.91 bits per heavy atom. The number of hydrogen-bond acceptors (Lipinski definition) is 4. The van der Waals surface area contributed by atoms with Crippen LogP contribution in [0.25, 0.3) is 0 Å². The van der Waals surface area contributed by atoms with Crippen molar-refractivity contribution in [1.82, 2.24) is 4.90 Å². The summed E-state index contributed by atoms with van der Waals surface area (Å²) in [4.78, 5) is 24.3. The van der Waals surface area contributed by atoms with Crippen molar-refractivity contribution < 1.29 is 19.8 Å². The van der Waals surface area contributed by atoms with Gasteiger partial charge >= 0.3 is 12.2 Å². The number of benzene rings is 1. The summed E-state index contributed by atoms with van der Waals surface area (Å²) in [6.07, 6.45) is -3.07. The molecule has 0 unspecified atom stereocenters. The molecule has 0 saturated heterocycles. The molecule has 0 radical (unpaired) electrons. The minimum Gasteiger partial charge on any atom is -0.465 e. The fourth-order valence-corrected chi connectivity index (χ4v) is 1.98. The zero-order valence-corrected chi connectivity index (χ0v) is 13.1. The van der Waals surface area contributed by atoms with Gasteiger partial charge in [0.05, 0.1) is 6.54 Å². The summed E-state index contributed by atoms with van der Waals surface area (Å²) in [6.45, 7) is 2.31. The quantitative estimate of drug-likeness (QED) is 0.606. The van der Waals surface area contributed by atoms with Gasteiger partial charge in [0.15, 0.2) is 5.11 Å². The highest BCUT2D eigenvalue weighted by atomic mass is 32.1. The normalized spacial score (nSPS) is 9.91. The number of carboxylic acid groups (broad SMARTS) is 2. The van der Waals surface area contributed by atoms with Crippen LogP contribution in [-0.2, 0) is 6.54 Å². The maximum absolute atomic E-state index is 11.0. The third kappa shape index (κ3) is 4.48. The number of amides is 2. The molecule has 0 heterocycles. The molecule has 0 spiro atoms. The zero-order valence-electron chi connectivity index (χ0n) is 12.2. The minimum atomic E-state index is -1.54. The first-order valence-corrected chi connectivity index (χ1v) is 6.81. The standard InChI is InChI=1S/C13H18N4O4S/c1-3-16(2)10-5-4-9(15-11(14)22)6-8(10)7-17(12(18)19)13(20)21/h4-6H,3,7H2,1-2H3,(H,18,19)(H,20,21)(H3,14,15,22). The van der Waals surface area contributed by atoms with Crippen molar-refractivity contribution in [3.8, 4) is 0 Å². The third-order valence-corrected chi connectivity index (χ3v) is 3.12. The molecule has 5 N–H and O–H groups in total. The molecule has 0 atom stereocenters.